The Hall–Kier alpha value is -0.940. The number of methoxy groups -OCH3 is 1. The zero-order valence-electron chi connectivity index (χ0n) is 11.2. The second-order valence-corrected chi connectivity index (χ2v) is 5.92. The molecule has 2 atom stereocenters. The van der Waals surface area contributed by atoms with E-state index < -0.39 is 0 Å². The van der Waals surface area contributed by atoms with Crippen LogP contribution >= 0.6 is 11.3 Å². The molecule has 0 radical (unpaired) electrons. The van der Waals surface area contributed by atoms with Crippen LogP contribution in [0.15, 0.2) is 0 Å². The molecule has 2 rings (SSSR count). The molecule has 2 heterocycles. The van der Waals surface area contributed by atoms with Gasteiger partial charge in [-0.1, -0.05) is 18.3 Å². The molecule has 2 unspecified atom stereocenters. The van der Waals surface area contributed by atoms with E-state index in [1.54, 1.807) is 7.11 Å². The third kappa shape index (κ3) is 2.57. The topological polar surface area (TPSA) is 42.4 Å². The predicted octanol–water partition coefficient (Wildman–Crippen LogP) is 2.73. The number of hydrogen-bond donors (Lipinski definition) is 0. The van der Waals surface area contributed by atoms with Gasteiger partial charge in [0.1, 0.15) is 0 Å². The number of nitrogens with zero attached hydrogens (tertiary/aromatic N) is 2. The van der Waals surface area contributed by atoms with Crippen LogP contribution < -0.4 is 4.90 Å². The van der Waals surface area contributed by atoms with Gasteiger partial charge in [0, 0.05) is 19.7 Å². The maximum Gasteiger partial charge on any atom is 0.186 e. The SMILES string of the molecule is COCc1nc(N2CCCC(C)C2C)sc1C=O. The number of carbonyl (C=O) groups is 1. The molecular weight excluding hydrogens is 248 g/mol. The molecule has 1 saturated heterocycles. The fourth-order valence-electron chi connectivity index (χ4n) is 2.41. The van der Waals surface area contributed by atoms with E-state index in [1.165, 1.54) is 24.2 Å². The van der Waals surface area contributed by atoms with Crippen molar-refractivity contribution in [1.82, 2.24) is 4.98 Å². The average molecular weight is 268 g/mol. The standard InChI is InChI=1S/C13H20N2O2S/c1-9-5-4-6-15(10(9)2)13-14-11(8-17-3)12(7-16)18-13/h7,9-10H,4-6,8H2,1-3H3. The van der Waals surface area contributed by atoms with Gasteiger partial charge in [-0.2, -0.15) is 0 Å². The quantitative estimate of drug-likeness (QED) is 0.787. The van der Waals surface area contributed by atoms with Crippen molar-refractivity contribution in [3.63, 3.8) is 0 Å². The third-order valence-electron chi connectivity index (χ3n) is 3.72. The van der Waals surface area contributed by atoms with E-state index >= 15 is 0 Å². The van der Waals surface area contributed by atoms with Crippen LogP contribution in [0.25, 0.3) is 0 Å². The number of carbonyl (C=O) groups excluding carboxylic acids is 1. The number of piperidine rings is 1. The van der Waals surface area contributed by atoms with Gasteiger partial charge in [-0.25, -0.2) is 4.98 Å². The van der Waals surface area contributed by atoms with Gasteiger partial charge in [0.05, 0.1) is 17.2 Å². The number of aromatic nitrogens is 1. The van der Waals surface area contributed by atoms with Gasteiger partial charge in [0.25, 0.3) is 0 Å². The van der Waals surface area contributed by atoms with Gasteiger partial charge in [-0.05, 0) is 25.7 Å². The lowest BCUT2D eigenvalue weighted by Gasteiger charge is -2.37. The summed E-state index contributed by atoms with van der Waals surface area (Å²) in [5, 5.41) is 0.961. The summed E-state index contributed by atoms with van der Waals surface area (Å²) < 4.78 is 5.09. The Morgan fingerprint density at radius 3 is 3.00 bits per heavy atom. The Labute approximate surface area is 112 Å². The summed E-state index contributed by atoms with van der Waals surface area (Å²) in [4.78, 5) is 18.6. The molecule has 5 heteroatoms. The van der Waals surface area contributed by atoms with E-state index in [9.17, 15) is 4.79 Å². The molecular formula is C13H20N2O2S. The van der Waals surface area contributed by atoms with Crippen molar-refractivity contribution < 1.29 is 9.53 Å². The maximum absolute atomic E-state index is 11.0. The maximum atomic E-state index is 11.0. The minimum absolute atomic E-state index is 0.405. The lowest BCUT2D eigenvalue weighted by molar-refractivity contribution is 0.112. The Bertz CT molecular complexity index is 419. The molecule has 1 aromatic rings. The molecule has 1 aliphatic heterocycles. The molecule has 4 nitrogen and oxygen atoms in total. The molecule has 0 N–H and O–H groups in total. The fourth-order valence-corrected chi connectivity index (χ4v) is 3.41. The molecule has 1 fully saturated rings. The van der Waals surface area contributed by atoms with Crippen LogP contribution in [0.1, 0.15) is 42.1 Å². The van der Waals surface area contributed by atoms with Crippen molar-refractivity contribution in [1.29, 1.82) is 0 Å². The average Bonchev–Trinajstić information content (AvgIpc) is 2.76. The van der Waals surface area contributed by atoms with E-state index in [4.69, 9.17) is 4.74 Å². The first-order valence-electron chi connectivity index (χ1n) is 6.37. The Morgan fingerprint density at radius 2 is 2.33 bits per heavy atom. The number of hydrogen-bond acceptors (Lipinski definition) is 5. The summed E-state index contributed by atoms with van der Waals surface area (Å²) in [6.45, 7) is 5.95. The van der Waals surface area contributed by atoms with Crippen molar-refractivity contribution in [3.8, 4) is 0 Å². The summed E-state index contributed by atoms with van der Waals surface area (Å²) in [6.07, 6.45) is 3.35. The van der Waals surface area contributed by atoms with E-state index in [0.29, 0.717) is 23.4 Å². The van der Waals surface area contributed by atoms with Crippen LogP contribution in [-0.2, 0) is 11.3 Å². The van der Waals surface area contributed by atoms with Crippen molar-refractivity contribution in [2.45, 2.75) is 39.3 Å². The highest BCUT2D eigenvalue weighted by Crippen LogP contribution is 2.32. The number of anilines is 1. The summed E-state index contributed by atoms with van der Waals surface area (Å²) in [5.41, 5.74) is 0.762. The van der Waals surface area contributed by atoms with Gasteiger partial charge < -0.3 is 9.64 Å². The van der Waals surface area contributed by atoms with Crippen molar-refractivity contribution >= 4 is 22.8 Å². The van der Waals surface area contributed by atoms with Gasteiger partial charge in [-0.3, -0.25) is 4.79 Å². The predicted molar refractivity (Wildman–Crippen MR) is 73.4 cm³/mol. The molecule has 0 aromatic carbocycles. The van der Waals surface area contributed by atoms with Crippen molar-refractivity contribution in [3.05, 3.63) is 10.6 Å². The van der Waals surface area contributed by atoms with E-state index in [1.807, 2.05) is 0 Å². The highest BCUT2D eigenvalue weighted by atomic mass is 32.1. The van der Waals surface area contributed by atoms with Crippen molar-refractivity contribution in [2.24, 2.45) is 5.92 Å². The zero-order chi connectivity index (χ0) is 13.1. The Morgan fingerprint density at radius 1 is 1.56 bits per heavy atom. The van der Waals surface area contributed by atoms with Gasteiger partial charge in [0.2, 0.25) is 0 Å². The highest BCUT2D eigenvalue weighted by molar-refractivity contribution is 7.17. The largest absolute Gasteiger partial charge is 0.378 e. The van der Waals surface area contributed by atoms with Crippen LogP contribution in [0.4, 0.5) is 5.13 Å². The van der Waals surface area contributed by atoms with Gasteiger partial charge in [0.15, 0.2) is 11.4 Å². The molecule has 1 aromatic heterocycles. The first-order chi connectivity index (χ1) is 8.67. The number of rotatable bonds is 4. The lowest BCUT2D eigenvalue weighted by Crippen LogP contribution is -2.42. The minimum atomic E-state index is 0.405. The third-order valence-corrected chi connectivity index (χ3v) is 4.78. The molecule has 18 heavy (non-hydrogen) atoms. The summed E-state index contributed by atoms with van der Waals surface area (Å²) in [5.74, 6) is 0.674. The van der Waals surface area contributed by atoms with Crippen LogP contribution in [-0.4, -0.2) is 31.0 Å². The monoisotopic (exact) mass is 268 g/mol. The summed E-state index contributed by atoms with van der Waals surface area (Å²) in [6, 6.07) is 0.486. The Balaban J connectivity index is 2.24. The molecule has 1 aliphatic rings. The van der Waals surface area contributed by atoms with Gasteiger partial charge >= 0.3 is 0 Å². The first kappa shape index (κ1) is 13.5. The number of thiazole rings is 1. The highest BCUT2D eigenvalue weighted by Gasteiger charge is 2.27. The van der Waals surface area contributed by atoms with Crippen LogP contribution in [0.5, 0.6) is 0 Å². The molecule has 0 bridgehead atoms. The molecule has 0 amide bonds. The zero-order valence-corrected chi connectivity index (χ0v) is 12.0. The summed E-state index contributed by atoms with van der Waals surface area (Å²) in [7, 11) is 1.62. The van der Waals surface area contributed by atoms with Crippen LogP contribution in [0.3, 0.4) is 0 Å². The lowest BCUT2D eigenvalue weighted by atomic mass is 9.93. The normalized spacial score (nSPS) is 24.3. The van der Waals surface area contributed by atoms with E-state index in [0.717, 1.165) is 23.7 Å². The van der Waals surface area contributed by atoms with Crippen molar-refractivity contribution in [2.75, 3.05) is 18.6 Å². The second-order valence-electron chi connectivity index (χ2n) is 4.91. The van der Waals surface area contributed by atoms with E-state index in [-0.39, 0.29) is 0 Å². The molecule has 100 valence electrons. The summed E-state index contributed by atoms with van der Waals surface area (Å²) >= 11 is 1.48. The smallest absolute Gasteiger partial charge is 0.186 e. The Kier molecular flexibility index (Phi) is 4.35. The second kappa shape index (κ2) is 5.80. The van der Waals surface area contributed by atoms with Gasteiger partial charge in [-0.15, -0.1) is 0 Å². The van der Waals surface area contributed by atoms with Crippen LogP contribution in [0, 0.1) is 5.92 Å². The molecule has 0 spiro atoms. The van der Waals surface area contributed by atoms with Crippen LogP contribution in [0.2, 0.25) is 0 Å². The minimum Gasteiger partial charge on any atom is -0.378 e. The molecule has 0 aliphatic carbocycles. The number of ether oxygens (including phenoxy) is 1. The fraction of sp³-hybridized carbons (Fsp3) is 0.692. The van der Waals surface area contributed by atoms with E-state index in [2.05, 4.69) is 23.7 Å². The molecule has 0 saturated carbocycles. The number of aldehydes is 1. The first-order valence-corrected chi connectivity index (χ1v) is 7.19.